The minimum atomic E-state index is -1.05. The van der Waals surface area contributed by atoms with Gasteiger partial charge in [-0.1, -0.05) is 51.1 Å². The highest BCUT2D eigenvalue weighted by atomic mass is 16.7. The van der Waals surface area contributed by atoms with Crippen LogP contribution in [-0.4, -0.2) is 31.4 Å². The Balaban J connectivity index is 2.09. The van der Waals surface area contributed by atoms with E-state index < -0.39 is 11.8 Å². The van der Waals surface area contributed by atoms with E-state index >= 15 is 0 Å². The molecule has 0 bridgehead atoms. The number of carbonyl (C=O) groups is 1. The average molecular weight is 382 g/mol. The standard InChI is InChI=1S/C23H26O5/c1-22(2,3)18-10-11-20(26-4)19(15-18)23(27-13-14-28-23)17-8-5-16(6-9-17)7-12-21(24)25/h5-12,15H,13-14H2,1-4H3,(H,24,25). The second kappa shape index (κ2) is 7.78. The van der Waals surface area contributed by atoms with Crippen LogP contribution in [0.5, 0.6) is 5.75 Å². The zero-order valence-corrected chi connectivity index (χ0v) is 16.7. The predicted molar refractivity (Wildman–Crippen MR) is 107 cm³/mol. The van der Waals surface area contributed by atoms with Crippen molar-refractivity contribution in [2.45, 2.75) is 32.0 Å². The fraction of sp³-hybridized carbons (Fsp3) is 0.348. The maximum atomic E-state index is 10.7. The minimum absolute atomic E-state index is 0.0354. The van der Waals surface area contributed by atoms with Crippen LogP contribution in [0, 0.1) is 0 Å². The molecule has 148 valence electrons. The molecular weight excluding hydrogens is 356 g/mol. The molecular formula is C23H26O5. The molecule has 0 amide bonds. The number of ether oxygens (including phenoxy) is 3. The number of rotatable bonds is 5. The van der Waals surface area contributed by atoms with Gasteiger partial charge in [-0.15, -0.1) is 0 Å². The van der Waals surface area contributed by atoms with Crippen molar-refractivity contribution in [1.29, 1.82) is 0 Å². The van der Waals surface area contributed by atoms with Gasteiger partial charge in [0.05, 0.1) is 25.9 Å². The van der Waals surface area contributed by atoms with Gasteiger partial charge in [-0.25, -0.2) is 4.79 Å². The summed E-state index contributed by atoms with van der Waals surface area (Å²) in [5, 5.41) is 8.80. The molecule has 2 aromatic carbocycles. The Morgan fingerprint density at radius 3 is 2.29 bits per heavy atom. The minimum Gasteiger partial charge on any atom is -0.496 e. The zero-order valence-electron chi connectivity index (χ0n) is 16.7. The predicted octanol–water partition coefficient (Wildman–Crippen LogP) is 4.34. The maximum Gasteiger partial charge on any atom is 0.328 e. The van der Waals surface area contributed by atoms with Crippen LogP contribution < -0.4 is 4.74 Å². The number of carboxylic acid groups (broad SMARTS) is 1. The van der Waals surface area contributed by atoms with Crippen molar-refractivity contribution >= 4 is 12.0 Å². The molecule has 28 heavy (non-hydrogen) atoms. The lowest BCUT2D eigenvalue weighted by atomic mass is 9.84. The summed E-state index contributed by atoms with van der Waals surface area (Å²) >= 11 is 0. The number of carboxylic acids is 1. The molecule has 5 heteroatoms. The van der Waals surface area contributed by atoms with E-state index in [4.69, 9.17) is 19.3 Å². The highest BCUT2D eigenvalue weighted by Crippen LogP contribution is 2.44. The first kappa shape index (κ1) is 20.1. The van der Waals surface area contributed by atoms with E-state index in [1.54, 1.807) is 13.2 Å². The Hall–Kier alpha value is -2.63. The van der Waals surface area contributed by atoms with Crippen molar-refractivity contribution in [2.75, 3.05) is 20.3 Å². The molecule has 5 nitrogen and oxygen atoms in total. The molecule has 0 atom stereocenters. The third-order valence-corrected chi connectivity index (χ3v) is 4.82. The van der Waals surface area contributed by atoms with Gasteiger partial charge in [0, 0.05) is 11.6 Å². The van der Waals surface area contributed by atoms with E-state index in [1.807, 2.05) is 30.3 Å². The first-order valence-corrected chi connectivity index (χ1v) is 9.25. The molecule has 1 saturated heterocycles. The van der Waals surface area contributed by atoms with Crippen molar-refractivity contribution in [2.24, 2.45) is 0 Å². The van der Waals surface area contributed by atoms with Gasteiger partial charge in [0.2, 0.25) is 5.79 Å². The molecule has 2 aromatic rings. The topological polar surface area (TPSA) is 65.0 Å². The summed E-state index contributed by atoms with van der Waals surface area (Å²) in [5.74, 6) is -1.33. The second-order valence-electron chi connectivity index (χ2n) is 7.77. The van der Waals surface area contributed by atoms with E-state index in [0.29, 0.717) is 19.0 Å². The average Bonchev–Trinajstić information content (AvgIpc) is 3.16. The Morgan fingerprint density at radius 2 is 1.75 bits per heavy atom. The van der Waals surface area contributed by atoms with Gasteiger partial charge in [0.25, 0.3) is 0 Å². The molecule has 0 saturated carbocycles. The summed E-state index contributed by atoms with van der Waals surface area (Å²) in [5.41, 5.74) is 3.57. The molecule has 0 aromatic heterocycles. The van der Waals surface area contributed by atoms with Gasteiger partial charge in [-0.2, -0.15) is 0 Å². The van der Waals surface area contributed by atoms with Crippen molar-refractivity contribution in [1.82, 2.24) is 0 Å². The number of hydrogen-bond acceptors (Lipinski definition) is 4. The van der Waals surface area contributed by atoms with Crippen molar-refractivity contribution < 1.29 is 24.1 Å². The van der Waals surface area contributed by atoms with Crippen molar-refractivity contribution in [3.8, 4) is 5.75 Å². The number of aliphatic carboxylic acids is 1. The van der Waals surface area contributed by atoms with E-state index in [9.17, 15) is 4.79 Å². The molecule has 0 unspecified atom stereocenters. The van der Waals surface area contributed by atoms with Gasteiger partial charge in [-0.3, -0.25) is 0 Å². The zero-order chi connectivity index (χ0) is 20.4. The summed E-state index contributed by atoms with van der Waals surface area (Å²) < 4.78 is 17.9. The normalized spacial score (nSPS) is 16.4. The van der Waals surface area contributed by atoms with Gasteiger partial charge in [0.1, 0.15) is 5.75 Å². The summed E-state index contributed by atoms with van der Waals surface area (Å²) in [6, 6.07) is 13.6. The quantitative estimate of drug-likeness (QED) is 0.780. The molecule has 1 aliphatic rings. The highest BCUT2D eigenvalue weighted by Gasteiger charge is 2.43. The van der Waals surface area contributed by atoms with Crippen LogP contribution in [0.15, 0.2) is 48.5 Å². The SMILES string of the molecule is COc1ccc(C(C)(C)C)cc1C1(c2ccc(C=CC(=O)O)cc2)OCCO1. The van der Waals surface area contributed by atoms with Crippen LogP contribution >= 0.6 is 0 Å². The van der Waals surface area contributed by atoms with Crippen molar-refractivity contribution in [3.63, 3.8) is 0 Å². The number of hydrogen-bond donors (Lipinski definition) is 1. The monoisotopic (exact) mass is 382 g/mol. The molecule has 0 radical (unpaired) electrons. The number of benzene rings is 2. The van der Waals surface area contributed by atoms with Gasteiger partial charge < -0.3 is 19.3 Å². The van der Waals surface area contributed by atoms with E-state index in [1.165, 1.54) is 0 Å². The molecule has 0 aliphatic carbocycles. The first-order valence-electron chi connectivity index (χ1n) is 9.25. The molecule has 1 fully saturated rings. The smallest absolute Gasteiger partial charge is 0.328 e. The largest absolute Gasteiger partial charge is 0.496 e. The lowest BCUT2D eigenvalue weighted by Crippen LogP contribution is -2.30. The van der Waals surface area contributed by atoms with Gasteiger partial charge in [-0.05, 0) is 34.8 Å². The molecule has 1 heterocycles. The molecule has 3 rings (SSSR count). The summed E-state index contributed by atoms with van der Waals surface area (Å²) in [7, 11) is 1.64. The van der Waals surface area contributed by atoms with Gasteiger partial charge >= 0.3 is 5.97 Å². The highest BCUT2D eigenvalue weighted by molar-refractivity contribution is 5.85. The molecule has 0 spiro atoms. The van der Waals surface area contributed by atoms with Crippen LogP contribution in [0.3, 0.4) is 0 Å². The van der Waals surface area contributed by atoms with E-state index in [0.717, 1.165) is 28.3 Å². The summed E-state index contributed by atoms with van der Waals surface area (Å²) in [6.45, 7) is 7.43. The lowest BCUT2D eigenvalue weighted by molar-refractivity contribution is -0.131. The van der Waals surface area contributed by atoms with Crippen LogP contribution in [0.25, 0.3) is 6.08 Å². The summed E-state index contributed by atoms with van der Waals surface area (Å²) in [4.78, 5) is 10.7. The second-order valence-corrected chi connectivity index (χ2v) is 7.77. The van der Waals surface area contributed by atoms with Crippen LogP contribution in [0.4, 0.5) is 0 Å². The third kappa shape index (κ3) is 3.96. The van der Waals surface area contributed by atoms with Crippen LogP contribution in [0.2, 0.25) is 0 Å². The Bertz CT molecular complexity index is 869. The first-order chi connectivity index (χ1) is 13.3. The van der Waals surface area contributed by atoms with Gasteiger partial charge in [0.15, 0.2) is 0 Å². The Morgan fingerprint density at radius 1 is 1.11 bits per heavy atom. The fourth-order valence-electron chi connectivity index (χ4n) is 3.30. The van der Waals surface area contributed by atoms with Crippen LogP contribution in [-0.2, 0) is 25.5 Å². The summed E-state index contributed by atoms with van der Waals surface area (Å²) in [6.07, 6.45) is 2.67. The Kier molecular flexibility index (Phi) is 5.59. The Labute approximate surface area is 165 Å². The third-order valence-electron chi connectivity index (χ3n) is 4.82. The van der Waals surface area contributed by atoms with E-state index in [2.05, 4.69) is 32.9 Å². The van der Waals surface area contributed by atoms with E-state index in [-0.39, 0.29) is 5.41 Å². The number of methoxy groups -OCH3 is 1. The van der Waals surface area contributed by atoms with Crippen molar-refractivity contribution in [3.05, 3.63) is 70.8 Å². The molecule has 1 N–H and O–H groups in total. The fourth-order valence-corrected chi connectivity index (χ4v) is 3.30. The lowest BCUT2D eigenvalue weighted by Gasteiger charge is -2.31. The molecule has 1 aliphatic heterocycles. The maximum absolute atomic E-state index is 10.7. The van der Waals surface area contributed by atoms with Crippen LogP contribution in [0.1, 0.15) is 43.0 Å².